The van der Waals surface area contributed by atoms with Crippen LogP contribution in [-0.4, -0.2) is 0 Å². The van der Waals surface area contributed by atoms with Gasteiger partial charge in [-0.15, -0.1) is 0 Å². The lowest BCUT2D eigenvalue weighted by molar-refractivity contribution is 0.446. The summed E-state index contributed by atoms with van der Waals surface area (Å²) in [5.74, 6) is 1.33. The summed E-state index contributed by atoms with van der Waals surface area (Å²) in [5.41, 5.74) is 4.55. The van der Waals surface area contributed by atoms with Crippen molar-refractivity contribution in [1.82, 2.24) is 0 Å². The lowest BCUT2D eigenvalue weighted by Crippen LogP contribution is -2.19. The number of aryl methyl sites for hydroxylation is 1. The van der Waals surface area contributed by atoms with Crippen LogP contribution in [-0.2, 0) is 6.42 Å². The largest absolute Gasteiger partial charge is 0.0622 e. The Kier molecular flexibility index (Phi) is 2.72. The highest BCUT2D eigenvalue weighted by Crippen LogP contribution is 2.40. The summed E-state index contributed by atoms with van der Waals surface area (Å²) >= 11 is 0. The maximum absolute atomic E-state index is 2.38. The number of hydrogen-bond acceptors (Lipinski definition) is 0. The van der Waals surface area contributed by atoms with Gasteiger partial charge in [0.2, 0.25) is 0 Å². The van der Waals surface area contributed by atoms with Crippen LogP contribution in [0.2, 0.25) is 0 Å². The third-order valence-electron chi connectivity index (χ3n) is 3.99. The van der Waals surface area contributed by atoms with E-state index >= 15 is 0 Å². The van der Waals surface area contributed by atoms with Crippen molar-refractivity contribution in [3.05, 3.63) is 71.3 Å². The zero-order valence-electron chi connectivity index (χ0n) is 10.3. The molecule has 0 saturated carbocycles. The highest BCUT2D eigenvalue weighted by atomic mass is 14.3. The second-order valence-electron chi connectivity index (χ2n) is 5.10. The number of rotatable bonds is 1. The Morgan fingerprint density at radius 1 is 0.882 bits per heavy atom. The lowest BCUT2D eigenvalue weighted by atomic mass is 9.73. The highest BCUT2D eigenvalue weighted by Gasteiger charge is 2.27. The molecule has 2 aromatic rings. The van der Waals surface area contributed by atoms with E-state index in [1.807, 2.05) is 0 Å². The van der Waals surface area contributed by atoms with E-state index in [4.69, 9.17) is 0 Å². The molecule has 0 saturated heterocycles. The van der Waals surface area contributed by atoms with Gasteiger partial charge in [-0.3, -0.25) is 0 Å². The van der Waals surface area contributed by atoms with Crippen molar-refractivity contribution < 1.29 is 0 Å². The van der Waals surface area contributed by atoms with Gasteiger partial charge in [0.15, 0.2) is 0 Å². The molecule has 0 bridgehead atoms. The Bertz CT molecular complexity index is 498. The predicted octanol–water partition coefficient (Wildman–Crippen LogP) is 4.40. The van der Waals surface area contributed by atoms with Crippen LogP contribution in [0.3, 0.4) is 0 Å². The molecule has 1 aliphatic rings. The van der Waals surface area contributed by atoms with E-state index in [-0.39, 0.29) is 0 Å². The van der Waals surface area contributed by atoms with Crippen LogP contribution in [0.25, 0.3) is 0 Å². The minimum atomic E-state index is 0.584. The second kappa shape index (κ2) is 4.37. The summed E-state index contributed by atoms with van der Waals surface area (Å²) in [4.78, 5) is 0. The lowest BCUT2D eigenvalue weighted by Gasteiger charge is -2.31. The molecule has 0 heteroatoms. The zero-order valence-corrected chi connectivity index (χ0v) is 10.3. The third-order valence-corrected chi connectivity index (χ3v) is 3.99. The standard InChI is InChI=1S/C17H18/c1-13-11-12-14-7-5-6-10-16(14)17(13)15-8-3-2-4-9-15/h2-10,13,17H,11-12H2,1H3. The molecule has 0 spiro atoms. The van der Waals surface area contributed by atoms with Gasteiger partial charge in [0, 0.05) is 5.92 Å². The molecule has 0 N–H and O–H groups in total. The highest BCUT2D eigenvalue weighted by molar-refractivity contribution is 5.40. The van der Waals surface area contributed by atoms with Crippen LogP contribution in [0.1, 0.15) is 36.0 Å². The second-order valence-corrected chi connectivity index (χ2v) is 5.10. The fourth-order valence-corrected chi connectivity index (χ4v) is 3.09. The summed E-state index contributed by atoms with van der Waals surface area (Å²) in [7, 11) is 0. The summed E-state index contributed by atoms with van der Waals surface area (Å²) in [6.45, 7) is 2.38. The van der Waals surface area contributed by atoms with Gasteiger partial charge in [0.25, 0.3) is 0 Å². The summed E-state index contributed by atoms with van der Waals surface area (Å²) < 4.78 is 0. The minimum absolute atomic E-state index is 0.584. The topological polar surface area (TPSA) is 0 Å². The monoisotopic (exact) mass is 222 g/mol. The third kappa shape index (κ3) is 1.88. The molecule has 17 heavy (non-hydrogen) atoms. The van der Waals surface area contributed by atoms with E-state index in [0.29, 0.717) is 5.92 Å². The van der Waals surface area contributed by atoms with Crippen LogP contribution in [0, 0.1) is 5.92 Å². The van der Waals surface area contributed by atoms with Gasteiger partial charge in [-0.25, -0.2) is 0 Å². The van der Waals surface area contributed by atoms with Crippen molar-refractivity contribution in [1.29, 1.82) is 0 Å². The number of hydrogen-bond donors (Lipinski definition) is 0. The van der Waals surface area contributed by atoms with Crippen molar-refractivity contribution >= 4 is 0 Å². The quantitative estimate of drug-likeness (QED) is 0.671. The van der Waals surface area contributed by atoms with Gasteiger partial charge in [0.05, 0.1) is 0 Å². The van der Waals surface area contributed by atoms with Gasteiger partial charge < -0.3 is 0 Å². The maximum atomic E-state index is 2.38. The summed E-state index contributed by atoms with van der Waals surface area (Å²) in [6.07, 6.45) is 2.54. The van der Waals surface area contributed by atoms with Gasteiger partial charge in [0.1, 0.15) is 0 Å². The first-order valence-corrected chi connectivity index (χ1v) is 6.49. The van der Waals surface area contributed by atoms with Crippen molar-refractivity contribution in [2.24, 2.45) is 5.92 Å². The molecule has 2 aromatic carbocycles. The molecule has 0 aromatic heterocycles. The zero-order chi connectivity index (χ0) is 11.7. The van der Waals surface area contributed by atoms with Crippen LogP contribution in [0.5, 0.6) is 0 Å². The van der Waals surface area contributed by atoms with Crippen molar-refractivity contribution in [3.8, 4) is 0 Å². The number of benzene rings is 2. The molecule has 0 radical (unpaired) electrons. The molecular weight excluding hydrogens is 204 g/mol. The Hall–Kier alpha value is -1.56. The van der Waals surface area contributed by atoms with Crippen LogP contribution in [0.15, 0.2) is 54.6 Å². The first-order valence-electron chi connectivity index (χ1n) is 6.49. The van der Waals surface area contributed by atoms with Gasteiger partial charge in [-0.2, -0.15) is 0 Å². The Balaban J connectivity index is 2.10. The van der Waals surface area contributed by atoms with Gasteiger partial charge in [-0.05, 0) is 35.4 Å². The minimum Gasteiger partial charge on any atom is -0.0622 e. The van der Waals surface area contributed by atoms with Crippen molar-refractivity contribution in [3.63, 3.8) is 0 Å². The molecule has 0 amide bonds. The molecule has 0 heterocycles. The Morgan fingerprint density at radius 3 is 2.41 bits per heavy atom. The fourth-order valence-electron chi connectivity index (χ4n) is 3.09. The average molecular weight is 222 g/mol. The van der Waals surface area contributed by atoms with E-state index < -0.39 is 0 Å². The molecular formula is C17H18. The van der Waals surface area contributed by atoms with Gasteiger partial charge >= 0.3 is 0 Å². The van der Waals surface area contributed by atoms with Crippen LogP contribution < -0.4 is 0 Å². The molecule has 0 aliphatic heterocycles. The van der Waals surface area contributed by atoms with E-state index in [2.05, 4.69) is 61.5 Å². The van der Waals surface area contributed by atoms with E-state index in [1.54, 1.807) is 5.56 Å². The normalized spacial score (nSPS) is 23.1. The van der Waals surface area contributed by atoms with E-state index in [0.717, 1.165) is 5.92 Å². The van der Waals surface area contributed by atoms with E-state index in [1.165, 1.54) is 24.0 Å². The van der Waals surface area contributed by atoms with Crippen LogP contribution in [0.4, 0.5) is 0 Å². The maximum Gasteiger partial charge on any atom is 0.0118 e. The SMILES string of the molecule is CC1CCc2ccccc2C1c1ccccc1. The summed E-state index contributed by atoms with van der Waals surface area (Å²) in [6, 6.07) is 19.9. The molecule has 0 fully saturated rings. The molecule has 3 rings (SSSR count). The van der Waals surface area contributed by atoms with Crippen molar-refractivity contribution in [2.75, 3.05) is 0 Å². The molecule has 1 aliphatic carbocycles. The molecule has 2 atom stereocenters. The molecule has 0 nitrogen and oxygen atoms in total. The summed E-state index contributed by atoms with van der Waals surface area (Å²) in [5, 5.41) is 0. The molecule has 86 valence electrons. The predicted molar refractivity (Wildman–Crippen MR) is 72.2 cm³/mol. The van der Waals surface area contributed by atoms with Gasteiger partial charge in [-0.1, -0.05) is 61.5 Å². The van der Waals surface area contributed by atoms with Crippen molar-refractivity contribution in [2.45, 2.75) is 25.7 Å². The fraction of sp³-hybridized carbons (Fsp3) is 0.294. The molecule has 2 unspecified atom stereocenters. The smallest absolute Gasteiger partial charge is 0.0118 e. The first-order chi connectivity index (χ1) is 8.36. The van der Waals surface area contributed by atoms with E-state index in [9.17, 15) is 0 Å². The Morgan fingerprint density at radius 2 is 1.59 bits per heavy atom. The first kappa shape index (κ1) is 10.6. The van der Waals surface area contributed by atoms with Crippen LogP contribution >= 0.6 is 0 Å². The average Bonchev–Trinajstić information content (AvgIpc) is 2.39. The number of fused-ring (bicyclic) bond motifs is 1. The Labute approximate surface area is 103 Å².